The lowest BCUT2D eigenvalue weighted by Crippen LogP contribution is -2.26. The Morgan fingerprint density at radius 2 is 2.00 bits per heavy atom. The van der Waals surface area contributed by atoms with E-state index in [1.807, 2.05) is 17.0 Å². The van der Waals surface area contributed by atoms with Crippen molar-refractivity contribution < 1.29 is 9.59 Å². The van der Waals surface area contributed by atoms with Crippen molar-refractivity contribution in [2.45, 2.75) is 52.6 Å². The van der Waals surface area contributed by atoms with Gasteiger partial charge in [-0.15, -0.1) is 0 Å². The minimum atomic E-state index is 0.182. The van der Waals surface area contributed by atoms with Crippen LogP contribution in [0.1, 0.15) is 50.7 Å². The van der Waals surface area contributed by atoms with Crippen molar-refractivity contribution in [2.75, 3.05) is 6.54 Å². The molecule has 1 heterocycles. The lowest BCUT2D eigenvalue weighted by Gasteiger charge is -2.15. The van der Waals surface area contributed by atoms with Gasteiger partial charge >= 0.3 is 0 Å². The lowest BCUT2D eigenvalue weighted by molar-refractivity contribution is -0.128. The summed E-state index contributed by atoms with van der Waals surface area (Å²) in [7, 11) is 0. The Labute approximate surface area is 138 Å². The number of hydrogen-bond acceptors (Lipinski definition) is 2. The highest BCUT2D eigenvalue weighted by atomic mass is 16.2. The summed E-state index contributed by atoms with van der Waals surface area (Å²) < 4.78 is 0. The first-order valence-electron chi connectivity index (χ1n) is 8.65. The van der Waals surface area contributed by atoms with Crippen LogP contribution in [0, 0.1) is 11.3 Å². The van der Waals surface area contributed by atoms with E-state index in [2.05, 4.69) is 31.3 Å². The molecule has 1 aromatic carbocycles. The molecule has 0 bridgehead atoms. The van der Waals surface area contributed by atoms with Gasteiger partial charge in [-0.3, -0.25) is 9.59 Å². The smallest absolute Gasteiger partial charge is 0.223 e. The van der Waals surface area contributed by atoms with E-state index in [0.29, 0.717) is 19.5 Å². The number of hydrogen-bond donors (Lipinski definition) is 1. The second kappa shape index (κ2) is 6.34. The van der Waals surface area contributed by atoms with E-state index in [1.165, 1.54) is 0 Å². The van der Waals surface area contributed by atoms with Gasteiger partial charge in [0.1, 0.15) is 0 Å². The van der Waals surface area contributed by atoms with Gasteiger partial charge in [-0.2, -0.15) is 0 Å². The van der Waals surface area contributed by atoms with Gasteiger partial charge in [0.15, 0.2) is 0 Å². The summed E-state index contributed by atoms with van der Waals surface area (Å²) in [6.45, 7) is 6.48. The van der Waals surface area contributed by atoms with Gasteiger partial charge in [-0.25, -0.2) is 0 Å². The van der Waals surface area contributed by atoms with Crippen molar-refractivity contribution >= 4 is 11.8 Å². The number of amides is 2. The molecule has 3 rings (SSSR count). The molecule has 1 aromatic rings. The fourth-order valence-electron chi connectivity index (χ4n) is 3.37. The van der Waals surface area contributed by atoms with Crippen LogP contribution in [0.2, 0.25) is 0 Å². The van der Waals surface area contributed by atoms with E-state index < -0.39 is 0 Å². The summed E-state index contributed by atoms with van der Waals surface area (Å²) in [5, 5.41) is 3.05. The average molecular weight is 314 g/mol. The molecule has 2 aliphatic rings. The summed E-state index contributed by atoms with van der Waals surface area (Å²) in [5.74, 6) is 0.624. The Hall–Kier alpha value is -1.84. The van der Waals surface area contributed by atoms with Crippen LogP contribution in [0.3, 0.4) is 0 Å². The van der Waals surface area contributed by atoms with Crippen molar-refractivity contribution in [3.05, 3.63) is 35.4 Å². The second-order valence-electron chi connectivity index (χ2n) is 7.22. The van der Waals surface area contributed by atoms with Crippen molar-refractivity contribution in [3.63, 3.8) is 0 Å². The molecule has 2 unspecified atom stereocenters. The highest BCUT2D eigenvalue weighted by Gasteiger charge is 2.52. The lowest BCUT2D eigenvalue weighted by atomic mass is 10.0. The normalized spacial score (nSPS) is 26.4. The van der Waals surface area contributed by atoms with Crippen LogP contribution in [0.25, 0.3) is 0 Å². The molecule has 1 saturated heterocycles. The van der Waals surface area contributed by atoms with E-state index in [1.54, 1.807) is 0 Å². The first-order chi connectivity index (χ1) is 11.0. The Morgan fingerprint density at radius 1 is 1.30 bits per heavy atom. The average Bonchev–Trinajstić information content (AvgIpc) is 3.10. The van der Waals surface area contributed by atoms with Crippen LogP contribution in [0.4, 0.5) is 0 Å². The third kappa shape index (κ3) is 3.57. The Bertz CT molecular complexity index is 596. The maximum Gasteiger partial charge on any atom is 0.223 e. The zero-order valence-electron chi connectivity index (χ0n) is 14.1. The maximum absolute atomic E-state index is 12.1. The van der Waals surface area contributed by atoms with Gasteiger partial charge in [0.2, 0.25) is 11.8 Å². The molecule has 0 aromatic heterocycles. The first kappa shape index (κ1) is 16.0. The van der Waals surface area contributed by atoms with Gasteiger partial charge in [0.25, 0.3) is 0 Å². The molecule has 4 heteroatoms. The van der Waals surface area contributed by atoms with E-state index >= 15 is 0 Å². The molecule has 4 nitrogen and oxygen atoms in total. The molecule has 0 spiro atoms. The van der Waals surface area contributed by atoms with Crippen molar-refractivity contribution in [3.8, 4) is 0 Å². The van der Waals surface area contributed by atoms with Crippen molar-refractivity contribution in [1.82, 2.24) is 10.2 Å². The fourth-order valence-corrected chi connectivity index (χ4v) is 3.37. The molecule has 1 saturated carbocycles. The minimum absolute atomic E-state index is 0.182. The molecule has 1 aliphatic carbocycles. The molecule has 0 radical (unpaired) electrons. The number of benzene rings is 1. The monoisotopic (exact) mass is 314 g/mol. The molecule has 23 heavy (non-hydrogen) atoms. The highest BCUT2D eigenvalue weighted by molar-refractivity contribution is 5.82. The minimum Gasteiger partial charge on any atom is -0.352 e. The van der Waals surface area contributed by atoms with E-state index in [-0.39, 0.29) is 23.1 Å². The first-order valence-corrected chi connectivity index (χ1v) is 8.65. The van der Waals surface area contributed by atoms with Crippen molar-refractivity contribution in [1.29, 1.82) is 0 Å². The fraction of sp³-hybridized carbons (Fsp3) is 0.579. The van der Waals surface area contributed by atoms with Crippen LogP contribution in [-0.4, -0.2) is 23.3 Å². The van der Waals surface area contributed by atoms with Crippen LogP contribution >= 0.6 is 0 Å². The number of likely N-dealkylation sites (tertiary alicyclic amines) is 1. The quantitative estimate of drug-likeness (QED) is 0.878. The van der Waals surface area contributed by atoms with Crippen LogP contribution in [0.15, 0.2) is 24.3 Å². The topological polar surface area (TPSA) is 49.4 Å². The molecule has 1 aliphatic heterocycles. The number of carbonyl (C=O) groups excluding carboxylic acids is 2. The van der Waals surface area contributed by atoms with E-state index in [9.17, 15) is 9.59 Å². The number of nitrogens with zero attached hydrogens (tertiary/aromatic N) is 1. The largest absolute Gasteiger partial charge is 0.352 e. The van der Waals surface area contributed by atoms with Gasteiger partial charge in [-0.1, -0.05) is 38.1 Å². The standard InChI is InChI=1S/C19H26N2O2/c1-3-19(2)11-16(19)18(23)20-12-14-6-8-15(9-7-14)13-21-10-4-5-17(21)22/h6-9,16H,3-5,10-13H2,1-2H3,(H,20,23). The summed E-state index contributed by atoms with van der Waals surface area (Å²) in [6.07, 6.45) is 3.73. The van der Waals surface area contributed by atoms with Gasteiger partial charge in [-0.05, 0) is 35.8 Å². The van der Waals surface area contributed by atoms with Crippen LogP contribution < -0.4 is 5.32 Å². The van der Waals surface area contributed by atoms with E-state index in [4.69, 9.17) is 0 Å². The molecular weight excluding hydrogens is 288 g/mol. The summed E-state index contributed by atoms with van der Waals surface area (Å²) in [5.41, 5.74) is 2.47. The summed E-state index contributed by atoms with van der Waals surface area (Å²) >= 11 is 0. The third-order valence-corrected chi connectivity index (χ3v) is 5.51. The Balaban J connectivity index is 1.48. The third-order valence-electron chi connectivity index (χ3n) is 5.51. The molecular formula is C19H26N2O2. The molecule has 124 valence electrons. The Kier molecular flexibility index (Phi) is 4.42. The van der Waals surface area contributed by atoms with Gasteiger partial charge < -0.3 is 10.2 Å². The summed E-state index contributed by atoms with van der Waals surface area (Å²) in [6, 6.07) is 8.20. The zero-order valence-corrected chi connectivity index (χ0v) is 14.1. The number of carbonyl (C=O) groups is 2. The number of rotatable bonds is 6. The highest BCUT2D eigenvalue weighted by Crippen LogP contribution is 2.54. The molecule has 2 amide bonds. The van der Waals surface area contributed by atoms with Crippen LogP contribution in [-0.2, 0) is 22.7 Å². The number of nitrogens with one attached hydrogen (secondary N) is 1. The molecule has 2 fully saturated rings. The predicted molar refractivity (Wildman–Crippen MR) is 89.4 cm³/mol. The van der Waals surface area contributed by atoms with E-state index in [0.717, 1.165) is 36.9 Å². The second-order valence-corrected chi connectivity index (χ2v) is 7.22. The summed E-state index contributed by atoms with van der Waals surface area (Å²) in [4.78, 5) is 25.7. The zero-order chi connectivity index (χ0) is 16.4. The predicted octanol–water partition coefficient (Wildman–Crippen LogP) is 2.86. The SMILES string of the molecule is CCC1(C)CC1C(=O)NCc1ccc(CN2CCCC2=O)cc1. The van der Waals surface area contributed by atoms with Gasteiger partial charge in [0.05, 0.1) is 0 Å². The molecule has 1 N–H and O–H groups in total. The van der Waals surface area contributed by atoms with Crippen LogP contribution in [0.5, 0.6) is 0 Å². The van der Waals surface area contributed by atoms with Gasteiger partial charge in [0, 0.05) is 32.0 Å². The maximum atomic E-state index is 12.1. The Morgan fingerprint density at radius 3 is 2.57 bits per heavy atom. The van der Waals surface area contributed by atoms with Crippen molar-refractivity contribution in [2.24, 2.45) is 11.3 Å². The molecule has 2 atom stereocenters.